The van der Waals surface area contributed by atoms with Gasteiger partial charge in [-0.15, -0.1) is 0 Å². The monoisotopic (exact) mass is 1140 g/mol. The molecular weight excluding hydrogens is 1020 g/mol. The van der Waals surface area contributed by atoms with Gasteiger partial charge in [0.15, 0.2) is 0 Å². The van der Waals surface area contributed by atoms with E-state index in [-0.39, 0.29) is 0 Å². The molecule has 0 N–H and O–H groups in total. The molecule has 0 aliphatic carbocycles. The van der Waals surface area contributed by atoms with E-state index >= 15 is 0 Å². The number of benzene rings is 8. The van der Waals surface area contributed by atoms with Crippen LogP contribution in [0.15, 0.2) is 152 Å². The van der Waals surface area contributed by atoms with Gasteiger partial charge in [0.25, 0.3) is 0 Å². The Kier molecular flexibility index (Phi) is 37.7. The van der Waals surface area contributed by atoms with Crippen molar-refractivity contribution >= 4 is 0 Å². The minimum absolute atomic E-state index is 0.648. The van der Waals surface area contributed by atoms with Crippen molar-refractivity contribution in [3.05, 3.63) is 280 Å². The zero-order chi connectivity index (χ0) is 64.3. The fourth-order valence-electron chi connectivity index (χ4n) is 9.84. The smallest absolute Gasteiger partial charge is 0.0190 e. The first-order valence-corrected chi connectivity index (χ1v) is 32.5. The van der Waals surface area contributed by atoms with Crippen molar-refractivity contribution in [2.45, 2.75) is 243 Å². The Hall–Kier alpha value is -6.24. The highest BCUT2D eigenvalue weighted by molar-refractivity contribution is 5.36. The van der Waals surface area contributed by atoms with Crippen LogP contribution in [0, 0.1) is 124 Å². The van der Waals surface area contributed by atoms with Gasteiger partial charge in [-0.1, -0.05) is 277 Å². The zero-order valence-electron chi connectivity index (χ0n) is 59.3. The van der Waals surface area contributed by atoms with Gasteiger partial charge in [-0.2, -0.15) is 0 Å². The average molecular weight is 1140 g/mol. The van der Waals surface area contributed by atoms with E-state index in [0.717, 1.165) is 12.3 Å². The fourth-order valence-corrected chi connectivity index (χ4v) is 9.84. The molecule has 0 spiro atoms. The molecule has 85 heavy (non-hydrogen) atoms. The Morgan fingerprint density at radius 2 is 0.588 bits per heavy atom. The first kappa shape index (κ1) is 76.8. The molecule has 0 saturated carbocycles. The lowest BCUT2D eigenvalue weighted by Crippen LogP contribution is -1.96. The van der Waals surface area contributed by atoms with Gasteiger partial charge >= 0.3 is 0 Å². The van der Waals surface area contributed by atoms with Crippen LogP contribution >= 0.6 is 0 Å². The van der Waals surface area contributed by atoms with E-state index in [4.69, 9.17) is 0 Å². The van der Waals surface area contributed by atoms with Crippen LogP contribution in [-0.2, 0) is 25.7 Å². The molecule has 0 bridgehead atoms. The Labute approximate surface area is 525 Å². The van der Waals surface area contributed by atoms with Crippen LogP contribution in [0.4, 0.5) is 0 Å². The van der Waals surface area contributed by atoms with Gasteiger partial charge in [-0.05, 0) is 252 Å². The number of hydrogen-bond acceptors (Lipinski definition) is 0. The summed E-state index contributed by atoms with van der Waals surface area (Å²) in [6, 6.07) is 55.0. The maximum Gasteiger partial charge on any atom is -0.0190 e. The molecule has 0 aliphatic heterocycles. The lowest BCUT2D eigenvalue weighted by atomic mass is 9.93. The topological polar surface area (TPSA) is 0 Å². The molecule has 0 radical (unpaired) electrons. The molecule has 0 saturated heterocycles. The van der Waals surface area contributed by atoms with E-state index in [1.165, 1.54) is 173 Å². The molecule has 8 rings (SSSR count). The number of unbranched alkanes of at least 4 members (excludes halogenated alkanes) is 1. The third-order valence-electron chi connectivity index (χ3n) is 15.9. The summed E-state index contributed by atoms with van der Waals surface area (Å²) in [5.41, 5.74) is 32.5. The van der Waals surface area contributed by atoms with E-state index < -0.39 is 0 Å². The molecule has 0 heteroatoms. The third kappa shape index (κ3) is 32.2. The predicted molar refractivity (Wildman–Crippen MR) is 385 cm³/mol. The van der Waals surface area contributed by atoms with Gasteiger partial charge in [0, 0.05) is 0 Å². The summed E-state index contributed by atoms with van der Waals surface area (Å²) in [4.78, 5) is 0. The van der Waals surface area contributed by atoms with Gasteiger partial charge in [0.1, 0.15) is 0 Å². The fraction of sp³-hybridized carbons (Fsp3) is 0.435. The maximum atomic E-state index is 2.31. The molecule has 0 fully saturated rings. The van der Waals surface area contributed by atoms with Crippen LogP contribution in [-0.4, -0.2) is 0 Å². The van der Waals surface area contributed by atoms with Crippen molar-refractivity contribution in [2.24, 2.45) is 5.92 Å². The first-order chi connectivity index (χ1) is 40.0. The number of aryl methyl sites for hydroxylation is 20. The van der Waals surface area contributed by atoms with E-state index in [2.05, 4.69) is 332 Å². The highest BCUT2D eigenvalue weighted by Gasteiger charge is 2.06. The summed E-state index contributed by atoms with van der Waals surface area (Å²) in [7, 11) is 0. The van der Waals surface area contributed by atoms with Crippen LogP contribution in [0.3, 0.4) is 0 Å². The van der Waals surface area contributed by atoms with Crippen LogP contribution in [0.5, 0.6) is 0 Å². The molecule has 0 nitrogen and oxygen atoms in total. The second-order valence-corrected chi connectivity index (χ2v) is 25.5. The van der Waals surface area contributed by atoms with Gasteiger partial charge < -0.3 is 0 Å². The second kappa shape index (κ2) is 41.7. The van der Waals surface area contributed by atoms with E-state index in [1.807, 2.05) is 0 Å². The number of rotatable bonds is 11. The summed E-state index contributed by atoms with van der Waals surface area (Å²) in [5.74, 6) is 2.10. The van der Waals surface area contributed by atoms with E-state index in [1.54, 1.807) is 0 Å². The van der Waals surface area contributed by atoms with Crippen molar-refractivity contribution < 1.29 is 0 Å². The van der Waals surface area contributed by atoms with E-state index in [9.17, 15) is 0 Å². The Balaban J connectivity index is 0.000000487. The third-order valence-corrected chi connectivity index (χ3v) is 15.9. The largest absolute Gasteiger partial charge is 0.0654 e. The zero-order valence-corrected chi connectivity index (χ0v) is 59.3. The molecule has 0 heterocycles. The molecule has 8 aromatic carbocycles. The molecule has 0 amide bonds. The summed E-state index contributed by atoms with van der Waals surface area (Å²) >= 11 is 0. The van der Waals surface area contributed by atoms with Gasteiger partial charge in [-0.25, -0.2) is 0 Å². The van der Waals surface area contributed by atoms with Crippen molar-refractivity contribution in [2.75, 3.05) is 0 Å². The highest BCUT2D eigenvalue weighted by atomic mass is 14.1. The van der Waals surface area contributed by atoms with Gasteiger partial charge in [0.2, 0.25) is 0 Å². The van der Waals surface area contributed by atoms with Gasteiger partial charge in [0.05, 0.1) is 0 Å². The summed E-state index contributed by atoms with van der Waals surface area (Å²) in [6.45, 7) is 56.8. The predicted octanol–water partition coefficient (Wildman–Crippen LogP) is 25.4. The van der Waals surface area contributed by atoms with Crippen LogP contribution in [0.1, 0.15) is 228 Å². The summed E-state index contributed by atoms with van der Waals surface area (Å²) in [6.07, 6.45) is 9.87. The molecule has 1 atom stereocenters. The summed E-state index contributed by atoms with van der Waals surface area (Å²) in [5, 5.41) is 0. The van der Waals surface area contributed by atoms with E-state index in [0.29, 0.717) is 11.8 Å². The van der Waals surface area contributed by atoms with Crippen molar-refractivity contribution in [3.8, 4) is 0 Å². The van der Waals surface area contributed by atoms with Crippen LogP contribution in [0.25, 0.3) is 0 Å². The quantitative estimate of drug-likeness (QED) is 0.121. The molecule has 0 aromatic heterocycles. The van der Waals surface area contributed by atoms with Crippen molar-refractivity contribution in [1.82, 2.24) is 0 Å². The Bertz CT molecular complexity index is 3090. The molecule has 8 aromatic rings. The highest BCUT2D eigenvalue weighted by Crippen LogP contribution is 2.24. The Morgan fingerprint density at radius 1 is 0.271 bits per heavy atom. The minimum Gasteiger partial charge on any atom is -0.0654 e. The molecule has 462 valence electrons. The molecule has 0 aliphatic rings. The SMILES string of the molecule is CCC(C)c1cc(C)ccc1C.CCCCc1cc(C)ccc1C.CCCc1cc(C)ccc1C.CCc1cc(C)ccc1C.Cc1ccc(C)c(C(C)C)c1.Cc1ccc(C)c(C)c1.Cc1ccc(C)c(CC(C)C)c1.Cc1ccc(C)cc1. The van der Waals surface area contributed by atoms with Crippen LogP contribution < -0.4 is 0 Å². The normalized spacial score (nSPS) is 10.5. The lowest BCUT2D eigenvalue weighted by molar-refractivity contribution is 0.644. The number of hydrogen-bond donors (Lipinski definition) is 0. The van der Waals surface area contributed by atoms with Gasteiger partial charge in [-0.3, -0.25) is 0 Å². The maximum absolute atomic E-state index is 2.31. The lowest BCUT2D eigenvalue weighted by Gasteiger charge is -2.12. The molecule has 1 unspecified atom stereocenters. The average Bonchev–Trinajstić information content (AvgIpc) is 3.63. The van der Waals surface area contributed by atoms with Crippen molar-refractivity contribution in [3.63, 3.8) is 0 Å². The van der Waals surface area contributed by atoms with Crippen LogP contribution in [0.2, 0.25) is 0 Å². The van der Waals surface area contributed by atoms with Crippen molar-refractivity contribution in [1.29, 1.82) is 0 Å². The second-order valence-electron chi connectivity index (χ2n) is 25.5. The summed E-state index contributed by atoms with van der Waals surface area (Å²) < 4.78 is 0. The standard InChI is InChI=1S/3C12H18.2C11H16.C10H14.C9H12.C8H10/c1-9(2)7-12-8-10(3)5-6-11(12)4;1-5-10(3)12-8-9(2)6-7-11(12)4;1-4-5-6-12-9-10(2)7-8-11(12)3;1-8(2)11-7-9(3)5-6-10(11)4;1-4-5-11-8-9(2)6-7-10(11)3;1-4-10-7-8(2)5-6-9(10)3;1-7-4-5-8(2)9(3)6-7;1-7-3-5-8(2)6-4-7/h5-6,8-9H,7H2,1-4H3;6-8,10H,5H2,1-4H3;7-9H,4-6H2,1-3H3;5-8H,1-4H3;6-8H,4-5H2,1-3H3;5-7H,4H2,1-3H3;4-6H,1-3H3;3-6H,1-2H3. The molecular formula is C85H122. The Morgan fingerprint density at radius 3 is 0.929 bits per heavy atom. The first-order valence-electron chi connectivity index (χ1n) is 32.5. The minimum atomic E-state index is 0.648.